The van der Waals surface area contributed by atoms with E-state index in [4.69, 9.17) is 9.90 Å². The highest BCUT2D eigenvalue weighted by Gasteiger charge is 2.28. The SMILES string of the molecule is Cc1cc(Nc2nccn3c(-c4ccc(OC(F)F)cc4)cnc23)ccc1C(=O)N1CCN(C(=O)NC2CNC2)CC1.FCF.O=C(O)CF. The van der Waals surface area contributed by atoms with Crippen molar-refractivity contribution in [2.45, 2.75) is 19.6 Å². The van der Waals surface area contributed by atoms with Gasteiger partial charge < -0.3 is 35.6 Å². The van der Waals surface area contributed by atoms with E-state index >= 15 is 0 Å². The van der Waals surface area contributed by atoms with Gasteiger partial charge in [0.2, 0.25) is 6.93 Å². The number of amides is 3. The number of carboxylic acid groups (broad SMARTS) is 1. The summed E-state index contributed by atoms with van der Waals surface area (Å²) in [5, 5.41) is 16.8. The lowest BCUT2D eigenvalue weighted by atomic mass is 10.1. The van der Waals surface area contributed by atoms with Gasteiger partial charge in [0.25, 0.3) is 5.91 Å². The second-order valence-electron chi connectivity index (χ2n) is 10.9. The largest absolute Gasteiger partial charge is 0.479 e. The van der Waals surface area contributed by atoms with Crippen LogP contribution in [0.5, 0.6) is 5.75 Å². The molecule has 4 heterocycles. The monoisotopic (exact) mass is 706 g/mol. The lowest BCUT2D eigenvalue weighted by Gasteiger charge is -2.37. The van der Waals surface area contributed by atoms with Crippen molar-refractivity contribution in [1.29, 1.82) is 0 Å². The molecule has 2 saturated heterocycles. The maximum absolute atomic E-state index is 13.3. The molecule has 2 aromatic carbocycles. The van der Waals surface area contributed by atoms with Crippen molar-refractivity contribution >= 4 is 35.1 Å². The fraction of sp³-hybridized carbons (Fsp3) is 0.344. The molecule has 4 aromatic rings. The summed E-state index contributed by atoms with van der Waals surface area (Å²) in [6, 6.07) is 12.0. The minimum absolute atomic E-state index is 0.0644. The molecule has 0 spiro atoms. The van der Waals surface area contributed by atoms with Crippen molar-refractivity contribution in [1.82, 2.24) is 34.8 Å². The fourth-order valence-electron chi connectivity index (χ4n) is 5.09. The molecule has 3 amide bonds. The normalized spacial score (nSPS) is 14.1. The number of benzene rings is 2. The number of aliphatic carboxylic acids is 1. The molecule has 2 aliphatic heterocycles. The van der Waals surface area contributed by atoms with Gasteiger partial charge in [-0.1, -0.05) is 0 Å². The summed E-state index contributed by atoms with van der Waals surface area (Å²) >= 11 is 0. The zero-order valence-corrected chi connectivity index (χ0v) is 26.8. The van der Waals surface area contributed by atoms with Crippen molar-refractivity contribution in [3.8, 4) is 17.0 Å². The van der Waals surface area contributed by atoms with Gasteiger partial charge in [-0.05, 0) is 55.0 Å². The van der Waals surface area contributed by atoms with Crippen LogP contribution in [0, 0.1) is 6.92 Å². The zero-order chi connectivity index (χ0) is 36.2. The number of aryl methyl sites for hydroxylation is 1. The van der Waals surface area contributed by atoms with Crippen LogP contribution in [0.25, 0.3) is 16.9 Å². The number of rotatable bonds is 8. The van der Waals surface area contributed by atoms with Crippen LogP contribution in [0.4, 0.5) is 38.3 Å². The van der Waals surface area contributed by atoms with E-state index in [0.29, 0.717) is 43.2 Å². The van der Waals surface area contributed by atoms with Crippen LogP contribution in [-0.4, -0.2) is 113 Å². The number of piperazine rings is 1. The molecule has 0 saturated carbocycles. The lowest BCUT2D eigenvalue weighted by Crippen LogP contribution is -2.61. The minimum Gasteiger partial charge on any atom is -0.479 e. The van der Waals surface area contributed by atoms with Gasteiger partial charge in [-0.2, -0.15) is 8.78 Å². The molecule has 0 bridgehead atoms. The second-order valence-corrected chi connectivity index (χ2v) is 10.9. The number of carbonyl (C=O) groups excluding carboxylic acids is 2. The molecule has 4 N–H and O–H groups in total. The quantitative estimate of drug-likeness (QED) is 0.195. The van der Waals surface area contributed by atoms with Gasteiger partial charge in [0.1, 0.15) is 5.75 Å². The summed E-state index contributed by atoms with van der Waals surface area (Å²) in [6.07, 6.45) is 5.10. The number of fused-ring (bicyclic) bond motifs is 1. The predicted octanol–water partition coefficient (Wildman–Crippen LogP) is 4.41. The van der Waals surface area contributed by atoms with Crippen molar-refractivity contribution in [3.05, 3.63) is 72.2 Å². The van der Waals surface area contributed by atoms with Gasteiger partial charge >= 0.3 is 18.6 Å². The highest BCUT2D eigenvalue weighted by atomic mass is 19.3. The molecule has 13 nitrogen and oxygen atoms in total. The third-order valence-electron chi connectivity index (χ3n) is 7.60. The molecular weight excluding hydrogens is 671 g/mol. The number of aromatic nitrogens is 3. The standard InChI is InChI=1S/C29H30F2N8O3.C2H3FO2.CH2F2/c1-18-14-20(4-7-23(18)27(40)37-10-12-38(13-11-37)29(41)36-21-15-32-16-21)35-25-26-34-17-24(39(26)9-8-33-25)19-2-5-22(6-3-19)42-28(30)31;3-1-2(4)5;2-1-3/h2-9,14,17,21,28,32H,10-13,15-16H2,1H3,(H,33,35)(H,36,41);1H2,(H,4,5);1H2. The van der Waals surface area contributed by atoms with Gasteiger partial charge in [-0.15, -0.1) is 0 Å². The van der Waals surface area contributed by atoms with E-state index in [1.165, 1.54) is 12.1 Å². The summed E-state index contributed by atoms with van der Waals surface area (Å²) in [5.41, 5.74) is 4.27. The average Bonchev–Trinajstić information content (AvgIpc) is 3.52. The number of hydrogen-bond acceptors (Lipinski definition) is 8. The Morgan fingerprint density at radius 1 is 1.00 bits per heavy atom. The maximum Gasteiger partial charge on any atom is 0.387 e. The highest BCUT2D eigenvalue weighted by Crippen LogP contribution is 2.28. The summed E-state index contributed by atoms with van der Waals surface area (Å²) < 4.78 is 61.0. The average molecular weight is 707 g/mol. The van der Waals surface area contributed by atoms with Gasteiger partial charge in [-0.25, -0.2) is 32.7 Å². The Balaban J connectivity index is 0.000000637. The van der Waals surface area contributed by atoms with E-state index in [9.17, 15) is 31.5 Å². The summed E-state index contributed by atoms with van der Waals surface area (Å²) in [6.45, 7) is -0.501. The molecular formula is C32H35F5N8O5. The fourth-order valence-corrected chi connectivity index (χ4v) is 5.09. The molecule has 268 valence electrons. The van der Waals surface area contributed by atoms with Crippen LogP contribution in [-0.2, 0) is 4.79 Å². The third-order valence-corrected chi connectivity index (χ3v) is 7.60. The van der Waals surface area contributed by atoms with Crippen LogP contribution in [0.15, 0.2) is 61.1 Å². The molecule has 2 aromatic heterocycles. The van der Waals surface area contributed by atoms with E-state index in [0.717, 1.165) is 35.6 Å². The van der Waals surface area contributed by atoms with E-state index in [2.05, 4.69) is 30.7 Å². The Morgan fingerprint density at radius 2 is 1.64 bits per heavy atom. The number of halogens is 5. The number of imidazole rings is 1. The Labute approximate surface area is 283 Å². The molecule has 2 fully saturated rings. The maximum atomic E-state index is 13.3. The first-order chi connectivity index (χ1) is 24.0. The van der Waals surface area contributed by atoms with Gasteiger partial charge in [0.15, 0.2) is 18.1 Å². The summed E-state index contributed by atoms with van der Waals surface area (Å²) in [4.78, 5) is 47.2. The molecule has 0 radical (unpaired) electrons. The number of ether oxygens (including phenoxy) is 1. The Morgan fingerprint density at radius 3 is 2.20 bits per heavy atom. The number of urea groups is 1. The van der Waals surface area contributed by atoms with E-state index in [1.807, 2.05) is 23.5 Å². The molecule has 0 atom stereocenters. The predicted molar refractivity (Wildman–Crippen MR) is 173 cm³/mol. The van der Waals surface area contributed by atoms with E-state index in [-0.39, 0.29) is 23.7 Å². The molecule has 2 aliphatic rings. The van der Waals surface area contributed by atoms with Crippen molar-refractivity contribution < 1.29 is 46.2 Å². The molecule has 0 aliphatic carbocycles. The first-order valence-corrected chi connectivity index (χ1v) is 15.2. The number of carboxylic acids is 1. The number of nitrogens with one attached hydrogen (secondary N) is 3. The van der Waals surface area contributed by atoms with Crippen molar-refractivity contribution in [2.75, 3.05) is 58.2 Å². The van der Waals surface area contributed by atoms with Crippen LogP contribution in [0.1, 0.15) is 15.9 Å². The highest BCUT2D eigenvalue weighted by molar-refractivity contribution is 5.96. The first-order valence-electron chi connectivity index (χ1n) is 15.2. The third kappa shape index (κ3) is 9.77. The molecule has 18 heteroatoms. The van der Waals surface area contributed by atoms with Crippen LogP contribution < -0.4 is 20.7 Å². The van der Waals surface area contributed by atoms with Gasteiger partial charge in [0, 0.05) is 68.5 Å². The Hall–Kier alpha value is -5.52. The van der Waals surface area contributed by atoms with Crippen LogP contribution in [0.2, 0.25) is 0 Å². The van der Waals surface area contributed by atoms with Crippen molar-refractivity contribution in [2.24, 2.45) is 0 Å². The first kappa shape index (κ1) is 37.3. The second kappa shape index (κ2) is 17.8. The molecule has 0 unspecified atom stereocenters. The van der Waals surface area contributed by atoms with E-state index < -0.39 is 26.2 Å². The van der Waals surface area contributed by atoms with Gasteiger partial charge in [0.05, 0.1) is 17.9 Å². The number of alkyl halides is 5. The van der Waals surface area contributed by atoms with Gasteiger partial charge in [-0.3, -0.25) is 9.20 Å². The van der Waals surface area contributed by atoms with Crippen molar-refractivity contribution in [3.63, 3.8) is 0 Å². The smallest absolute Gasteiger partial charge is 0.387 e. The Kier molecular flexibility index (Phi) is 13.2. The number of carbonyl (C=O) groups is 3. The van der Waals surface area contributed by atoms with Crippen LogP contribution >= 0.6 is 0 Å². The molecule has 6 rings (SSSR count). The number of anilines is 2. The number of hydrogen-bond donors (Lipinski definition) is 4. The Bertz CT molecular complexity index is 1750. The van der Waals surface area contributed by atoms with E-state index in [1.54, 1.807) is 46.6 Å². The zero-order valence-electron chi connectivity index (χ0n) is 26.8. The summed E-state index contributed by atoms with van der Waals surface area (Å²) in [5.74, 6) is -0.877. The molecule has 50 heavy (non-hydrogen) atoms. The topological polar surface area (TPSA) is 153 Å². The van der Waals surface area contributed by atoms with Crippen LogP contribution in [0.3, 0.4) is 0 Å². The minimum atomic E-state index is -2.88. The number of nitrogens with zero attached hydrogens (tertiary/aromatic N) is 5. The lowest BCUT2D eigenvalue weighted by molar-refractivity contribution is -0.137. The summed E-state index contributed by atoms with van der Waals surface area (Å²) in [7, 11) is 0.